The number of halogens is 1. The van der Waals surface area contributed by atoms with Crippen LogP contribution in [0.15, 0.2) is 24.3 Å². The lowest BCUT2D eigenvalue weighted by Crippen LogP contribution is -2.02. The molecule has 4 N–H and O–H groups in total. The fourth-order valence-electron chi connectivity index (χ4n) is 2.91. The molecule has 1 aliphatic rings. The van der Waals surface area contributed by atoms with Gasteiger partial charge in [0.25, 0.3) is 0 Å². The second-order valence-corrected chi connectivity index (χ2v) is 5.18. The van der Waals surface area contributed by atoms with Gasteiger partial charge < -0.3 is 15.9 Å². The largest absolute Gasteiger partial charge is 0.505 e. The molecule has 5 heteroatoms. The van der Waals surface area contributed by atoms with E-state index in [2.05, 4.69) is 0 Å². The SMILES string of the molecule is Nc1cc2c(c(-c3ccc(F)c(C(=O)O)c3)c1O)CCC2. The molecule has 0 atom stereocenters. The van der Waals surface area contributed by atoms with Gasteiger partial charge in [-0.3, -0.25) is 0 Å². The molecule has 0 radical (unpaired) electrons. The number of anilines is 1. The van der Waals surface area contributed by atoms with E-state index < -0.39 is 17.3 Å². The molecular weight excluding hydrogens is 273 g/mol. The summed E-state index contributed by atoms with van der Waals surface area (Å²) >= 11 is 0. The number of nitrogen functional groups attached to an aromatic ring is 1. The zero-order valence-electron chi connectivity index (χ0n) is 11.2. The lowest BCUT2D eigenvalue weighted by atomic mass is 9.93. The standard InChI is InChI=1S/C16H14FNO3/c17-12-5-4-9(6-11(12)16(20)21)14-10-3-1-2-8(10)7-13(18)15(14)19/h4-7,19H,1-3,18H2,(H,20,21). The Hall–Kier alpha value is -2.56. The normalized spacial score (nSPS) is 13.2. The zero-order chi connectivity index (χ0) is 15.1. The number of hydrogen-bond acceptors (Lipinski definition) is 3. The third-order valence-electron chi connectivity index (χ3n) is 3.89. The van der Waals surface area contributed by atoms with Gasteiger partial charge in [0.15, 0.2) is 0 Å². The lowest BCUT2D eigenvalue weighted by Gasteiger charge is -2.14. The number of aromatic hydroxyl groups is 1. The topological polar surface area (TPSA) is 83.6 Å². The molecule has 4 nitrogen and oxygen atoms in total. The van der Waals surface area contributed by atoms with E-state index in [1.165, 1.54) is 12.1 Å². The van der Waals surface area contributed by atoms with Gasteiger partial charge in [0.1, 0.15) is 11.6 Å². The number of hydrogen-bond donors (Lipinski definition) is 3. The summed E-state index contributed by atoms with van der Waals surface area (Å²) in [5.74, 6) is -2.21. The number of carbonyl (C=O) groups is 1. The van der Waals surface area contributed by atoms with Crippen LogP contribution >= 0.6 is 0 Å². The second-order valence-electron chi connectivity index (χ2n) is 5.18. The van der Waals surface area contributed by atoms with Crippen LogP contribution in [0.1, 0.15) is 27.9 Å². The van der Waals surface area contributed by atoms with Gasteiger partial charge in [0.05, 0.1) is 11.3 Å². The Bertz CT molecular complexity index is 756. The molecule has 0 heterocycles. The van der Waals surface area contributed by atoms with E-state index in [1.54, 1.807) is 6.07 Å². The molecule has 0 aliphatic heterocycles. The van der Waals surface area contributed by atoms with E-state index in [0.29, 0.717) is 11.1 Å². The quantitative estimate of drug-likeness (QED) is 0.585. The maximum Gasteiger partial charge on any atom is 0.338 e. The first-order valence-corrected chi connectivity index (χ1v) is 6.65. The second kappa shape index (κ2) is 4.77. The number of carboxylic acid groups (broad SMARTS) is 1. The summed E-state index contributed by atoms with van der Waals surface area (Å²) in [6.45, 7) is 0. The number of fused-ring (bicyclic) bond motifs is 1. The van der Waals surface area contributed by atoms with Crippen LogP contribution in [0, 0.1) is 5.82 Å². The van der Waals surface area contributed by atoms with Gasteiger partial charge in [-0.2, -0.15) is 0 Å². The van der Waals surface area contributed by atoms with Gasteiger partial charge in [-0.1, -0.05) is 6.07 Å². The summed E-state index contributed by atoms with van der Waals surface area (Å²) in [4.78, 5) is 11.1. The number of aromatic carboxylic acids is 1. The monoisotopic (exact) mass is 287 g/mol. The maximum absolute atomic E-state index is 13.5. The summed E-state index contributed by atoms with van der Waals surface area (Å²) in [5.41, 5.74) is 8.67. The zero-order valence-corrected chi connectivity index (χ0v) is 11.2. The summed E-state index contributed by atoms with van der Waals surface area (Å²) < 4.78 is 13.5. The predicted octanol–water partition coefficient (Wildman–Crippen LogP) is 2.97. The van der Waals surface area contributed by atoms with Crippen molar-refractivity contribution >= 4 is 11.7 Å². The van der Waals surface area contributed by atoms with E-state index in [-0.39, 0.29) is 11.4 Å². The van der Waals surface area contributed by atoms with Gasteiger partial charge in [-0.25, -0.2) is 9.18 Å². The van der Waals surface area contributed by atoms with E-state index in [4.69, 9.17) is 10.8 Å². The fourth-order valence-corrected chi connectivity index (χ4v) is 2.91. The fraction of sp³-hybridized carbons (Fsp3) is 0.188. The Morgan fingerprint density at radius 3 is 2.71 bits per heavy atom. The van der Waals surface area contributed by atoms with Crippen LogP contribution in [0.25, 0.3) is 11.1 Å². The maximum atomic E-state index is 13.5. The molecule has 0 spiro atoms. The van der Waals surface area contributed by atoms with E-state index in [9.17, 15) is 14.3 Å². The number of benzene rings is 2. The first-order valence-electron chi connectivity index (χ1n) is 6.65. The van der Waals surface area contributed by atoms with Crippen molar-refractivity contribution in [3.05, 3.63) is 46.8 Å². The molecule has 2 aromatic carbocycles. The number of phenols is 1. The first-order chi connectivity index (χ1) is 9.99. The van der Waals surface area contributed by atoms with Crippen LogP contribution in [0.3, 0.4) is 0 Å². The average molecular weight is 287 g/mol. The van der Waals surface area contributed by atoms with E-state index >= 15 is 0 Å². The Balaban J connectivity index is 2.26. The predicted molar refractivity (Wildman–Crippen MR) is 76.9 cm³/mol. The third-order valence-corrected chi connectivity index (χ3v) is 3.89. The molecule has 0 amide bonds. The summed E-state index contributed by atoms with van der Waals surface area (Å²) in [7, 11) is 0. The molecule has 0 saturated heterocycles. The van der Waals surface area contributed by atoms with Crippen LogP contribution in [0.4, 0.5) is 10.1 Å². The van der Waals surface area contributed by atoms with Crippen LogP contribution in [-0.2, 0) is 12.8 Å². The highest BCUT2D eigenvalue weighted by Gasteiger charge is 2.22. The summed E-state index contributed by atoms with van der Waals surface area (Å²) in [6.07, 6.45) is 2.62. The first kappa shape index (κ1) is 13.4. The van der Waals surface area contributed by atoms with Crippen LogP contribution in [-0.4, -0.2) is 16.2 Å². The van der Waals surface area contributed by atoms with Crippen molar-refractivity contribution in [2.45, 2.75) is 19.3 Å². The van der Waals surface area contributed by atoms with Gasteiger partial charge in [0, 0.05) is 5.56 Å². The van der Waals surface area contributed by atoms with Crippen molar-refractivity contribution in [2.75, 3.05) is 5.73 Å². The number of aryl methyl sites for hydroxylation is 1. The van der Waals surface area contributed by atoms with Crippen molar-refractivity contribution in [3.63, 3.8) is 0 Å². The Morgan fingerprint density at radius 1 is 1.24 bits per heavy atom. The molecule has 3 rings (SSSR count). The van der Waals surface area contributed by atoms with Crippen molar-refractivity contribution < 1.29 is 19.4 Å². The molecular formula is C16H14FNO3. The highest BCUT2D eigenvalue weighted by molar-refractivity contribution is 5.91. The van der Waals surface area contributed by atoms with Crippen molar-refractivity contribution in [2.24, 2.45) is 0 Å². The molecule has 0 unspecified atom stereocenters. The van der Waals surface area contributed by atoms with Crippen molar-refractivity contribution in [3.8, 4) is 16.9 Å². The molecule has 0 bridgehead atoms. The lowest BCUT2D eigenvalue weighted by molar-refractivity contribution is 0.0692. The Labute approximate surface area is 120 Å². The van der Waals surface area contributed by atoms with Gasteiger partial charge in [-0.15, -0.1) is 0 Å². The Kier molecular flexibility index (Phi) is 3.05. The number of rotatable bonds is 2. The average Bonchev–Trinajstić information content (AvgIpc) is 2.88. The van der Waals surface area contributed by atoms with Crippen LogP contribution in [0.2, 0.25) is 0 Å². The highest BCUT2D eigenvalue weighted by atomic mass is 19.1. The smallest absolute Gasteiger partial charge is 0.338 e. The van der Waals surface area contributed by atoms with E-state index in [0.717, 1.165) is 36.5 Å². The third kappa shape index (κ3) is 2.11. The number of nitrogens with two attached hydrogens (primary N) is 1. The summed E-state index contributed by atoms with van der Waals surface area (Å²) in [6, 6.07) is 5.56. The van der Waals surface area contributed by atoms with E-state index in [1.807, 2.05) is 0 Å². The van der Waals surface area contributed by atoms with Crippen LogP contribution < -0.4 is 5.73 Å². The van der Waals surface area contributed by atoms with Gasteiger partial charge in [0.2, 0.25) is 0 Å². The van der Waals surface area contributed by atoms with Crippen molar-refractivity contribution in [1.82, 2.24) is 0 Å². The minimum atomic E-state index is -1.34. The molecule has 2 aromatic rings. The minimum absolute atomic E-state index is 0.0707. The molecule has 21 heavy (non-hydrogen) atoms. The van der Waals surface area contributed by atoms with Crippen LogP contribution in [0.5, 0.6) is 5.75 Å². The molecule has 0 fully saturated rings. The molecule has 0 aromatic heterocycles. The molecule has 0 saturated carbocycles. The molecule has 108 valence electrons. The summed E-state index contributed by atoms with van der Waals surface area (Å²) in [5, 5.41) is 19.3. The highest BCUT2D eigenvalue weighted by Crippen LogP contribution is 2.42. The minimum Gasteiger partial charge on any atom is -0.505 e. The number of phenolic OH excluding ortho intramolecular Hbond substituents is 1. The van der Waals surface area contributed by atoms with Gasteiger partial charge in [-0.05, 0) is 54.2 Å². The van der Waals surface area contributed by atoms with Gasteiger partial charge >= 0.3 is 5.97 Å². The molecule has 1 aliphatic carbocycles. The van der Waals surface area contributed by atoms with Crippen molar-refractivity contribution in [1.29, 1.82) is 0 Å². The number of carboxylic acids is 1. The Morgan fingerprint density at radius 2 is 2.00 bits per heavy atom.